The normalized spacial score (nSPS) is 16.8. The number of hydrogen-bond acceptors (Lipinski definition) is 2. The maximum Gasteiger partial charge on any atom is 0.337 e. The molecule has 17 heavy (non-hydrogen) atoms. The zero-order valence-corrected chi connectivity index (χ0v) is 9.58. The van der Waals surface area contributed by atoms with E-state index in [1.54, 1.807) is 0 Å². The predicted molar refractivity (Wildman–Crippen MR) is 63.9 cm³/mol. The summed E-state index contributed by atoms with van der Waals surface area (Å²) in [6.45, 7) is 0. The van der Waals surface area contributed by atoms with Crippen LogP contribution in [0.2, 0.25) is 0 Å². The lowest BCUT2D eigenvalue weighted by Crippen LogP contribution is -2.24. The number of carboxylic acids is 1. The maximum atomic E-state index is 13.6. The number of anilines is 1. The maximum absolute atomic E-state index is 13.6. The van der Waals surface area contributed by atoms with Crippen molar-refractivity contribution in [2.24, 2.45) is 0 Å². The Kier molecular flexibility index (Phi) is 3.61. The summed E-state index contributed by atoms with van der Waals surface area (Å²) in [4.78, 5) is 11.0. The van der Waals surface area contributed by atoms with Crippen LogP contribution in [0.5, 0.6) is 0 Å². The molecule has 1 saturated carbocycles. The standard InChI is InChI=1S/C13H16FNO2/c14-11-8-4-7-10(13(16)17)12(11)15-9-5-2-1-3-6-9/h4,7-9,15H,1-3,5-6H2,(H,16,17). The summed E-state index contributed by atoms with van der Waals surface area (Å²) < 4.78 is 13.6. The Hall–Kier alpha value is -1.58. The summed E-state index contributed by atoms with van der Waals surface area (Å²) in [5.41, 5.74) is 0.141. The molecular formula is C13H16FNO2. The van der Waals surface area contributed by atoms with Gasteiger partial charge in [0.2, 0.25) is 0 Å². The first-order chi connectivity index (χ1) is 8.18. The van der Waals surface area contributed by atoms with Crippen molar-refractivity contribution in [3.63, 3.8) is 0 Å². The fourth-order valence-electron chi connectivity index (χ4n) is 2.30. The van der Waals surface area contributed by atoms with Crippen LogP contribution in [0, 0.1) is 5.82 Å². The highest BCUT2D eigenvalue weighted by molar-refractivity contribution is 5.94. The van der Waals surface area contributed by atoms with Gasteiger partial charge in [-0.3, -0.25) is 0 Å². The van der Waals surface area contributed by atoms with E-state index in [0.717, 1.165) is 25.7 Å². The van der Waals surface area contributed by atoms with Crippen LogP contribution in [0.15, 0.2) is 18.2 Å². The highest BCUT2D eigenvalue weighted by atomic mass is 19.1. The van der Waals surface area contributed by atoms with Gasteiger partial charge in [0, 0.05) is 6.04 Å². The molecule has 1 aromatic rings. The lowest BCUT2D eigenvalue weighted by Gasteiger charge is -2.24. The number of rotatable bonds is 3. The number of halogens is 1. The Balaban J connectivity index is 2.21. The Morgan fingerprint density at radius 3 is 2.65 bits per heavy atom. The second kappa shape index (κ2) is 5.17. The third-order valence-corrected chi connectivity index (χ3v) is 3.20. The SMILES string of the molecule is O=C(O)c1cccc(F)c1NC1CCCCC1. The first-order valence-corrected chi connectivity index (χ1v) is 5.97. The molecule has 0 aromatic heterocycles. The summed E-state index contributed by atoms with van der Waals surface area (Å²) in [7, 11) is 0. The highest BCUT2D eigenvalue weighted by Gasteiger charge is 2.19. The molecule has 2 rings (SSSR count). The van der Waals surface area contributed by atoms with Gasteiger partial charge in [-0.1, -0.05) is 25.3 Å². The second-order valence-electron chi connectivity index (χ2n) is 4.45. The highest BCUT2D eigenvalue weighted by Crippen LogP contribution is 2.26. The number of carboxylic acid groups (broad SMARTS) is 1. The van der Waals surface area contributed by atoms with E-state index in [4.69, 9.17) is 5.11 Å². The molecule has 92 valence electrons. The first kappa shape index (κ1) is 11.9. The van der Waals surface area contributed by atoms with Gasteiger partial charge in [0.25, 0.3) is 0 Å². The van der Waals surface area contributed by atoms with E-state index in [9.17, 15) is 9.18 Å². The van der Waals surface area contributed by atoms with Crippen molar-refractivity contribution >= 4 is 11.7 Å². The van der Waals surface area contributed by atoms with E-state index in [0.29, 0.717) is 0 Å². The van der Waals surface area contributed by atoms with Crippen molar-refractivity contribution in [3.8, 4) is 0 Å². The van der Waals surface area contributed by atoms with Crippen molar-refractivity contribution < 1.29 is 14.3 Å². The quantitative estimate of drug-likeness (QED) is 0.848. The smallest absolute Gasteiger partial charge is 0.337 e. The topological polar surface area (TPSA) is 49.3 Å². The number of aromatic carboxylic acids is 1. The van der Waals surface area contributed by atoms with Gasteiger partial charge in [-0.05, 0) is 25.0 Å². The molecule has 0 radical (unpaired) electrons. The summed E-state index contributed by atoms with van der Waals surface area (Å²) in [6, 6.07) is 4.33. The van der Waals surface area contributed by atoms with E-state index in [1.807, 2.05) is 0 Å². The molecule has 2 N–H and O–H groups in total. The van der Waals surface area contributed by atoms with Gasteiger partial charge in [-0.15, -0.1) is 0 Å². The molecule has 1 aliphatic carbocycles. The van der Waals surface area contributed by atoms with Gasteiger partial charge in [-0.25, -0.2) is 9.18 Å². The van der Waals surface area contributed by atoms with E-state index in [1.165, 1.54) is 24.6 Å². The van der Waals surface area contributed by atoms with Crippen LogP contribution >= 0.6 is 0 Å². The molecule has 1 fully saturated rings. The summed E-state index contributed by atoms with van der Waals surface area (Å²) in [6.07, 6.45) is 5.41. The third kappa shape index (κ3) is 2.75. The molecule has 0 aliphatic heterocycles. The third-order valence-electron chi connectivity index (χ3n) is 3.20. The average Bonchev–Trinajstić information content (AvgIpc) is 2.33. The molecule has 0 spiro atoms. The molecule has 0 bridgehead atoms. The minimum atomic E-state index is -1.09. The van der Waals surface area contributed by atoms with E-state index < -0.39 is 11.8 Å². The number of nitrogens with one attached hydrogen (secondary N) is 1. The summed E-state index contributed by atoms with van der Waals surface area (Å²) >= 11 is 0. The number of para-hydroxylation sites is 1. The molecule has 0 unspecified atom stereocenters. The zero-order valence-electron chi connectivity index (χ0n) is 9.58. The van der Waals surface area contributed by atoms with Crippen molar-refractivity contribution in [3.05, 3.63) is 29.6 Å². The summed E-state index contributed by atoms with van der Waals surface area (Å²) in [5, 5.41) is 12.1. The minimum Gasteiger partial charge on any atom is -0.478 e. The van der Waals surface area contributed by atoms with Gasteiger partial charge in [0.05, 0.1) is 11.3 Å². The lowest BCUT2D eigenvalue weighted by molar-refractivity contribution is 0.0697. The zero-order chi connectivity index (χ0) is 12.3. The van der Waals surface area contributed by atoms with Gasteiger partial charge < -0.3 is 10.4 Å². The second-order valence-corrected chi connectivity index (χ2v) is 4.45. The van der Waals surface area contributed by atoms with Crippen LogP contribution in [0.4, 0.5) is 10.1 Å². The van der Waals surface area contributed by atoms with Gasteiger partial charge in [-0.2, -0.15) is 0 Å². The molecule has 0 amide bonds. The van der Waals surface area contributed by atoms with Crippen molar-refractivity contribution in [1.29, 1.82) is 0 Å². The van der Waals surface area contributed by atoms with Crippen molar-refractivity contribution in [2.45, 2.75) is 38.1 Å². The molecule has 0 heterocycles. The lowest BCUT2D eigenvalue weighted by atomic mass is 9.95. The van der Waals surface area contributed by atoms with Crippen LogP contribution in [0.25, 0.3) is 0 Å². The molecule has 3 nitrogen and oxygen atoms in total. The minimum absolute atomic E-state index is 0.00979. The number of benzene rings is 1. The fraction of sp³-hybridized carbons (Fsp3) is 0.462. The Bertz CT molecular complexity index is 414. The molecule has 1 aliphatic rings. The first-order valence-electron chi connectivity index (χ1n) is 5.97. The predicted octanol–water partition coefficient (Wildman–Crippen LogP) is 3.27. The monoisotopic (exact) mass is 237 g/mol. The van der Waals surface area contributed by atoms with Gasteiger partial charge in [0.1, 0.15) is 5.82 Å². The van der Waals surface area contributed by atoms with Crippen LogP contribution in [0.3, 0.4) is 0 Å². The van der Waals surface area contributed by atoms with Gasteiger partial charge >= 0.3 is 5.97 Å². The van der Waals surface area contributed by atoms with Crippen LogP contribution < -0.4 is 5.32 Å². The van der Waals surface area contributed by atoms with Crippen molar-refractivity contribution in [2.75, 3.05) is 5.32 Å². The summed E-state index contributed by atoms with van der Waals surface area (Å²) in [5.74, 6) is -1.58. The molecule has 4 heteroatoms. The van der Waals surface area contributed by atoms with Crippen LogP contribution in [-0.4, -0.2) is 17.1 Å². The van der Waals surface area contributed by atoms with E-state index in [2.05, 4.69) is 5.32 Å². The average molecular weight is 237 g/mol. The van der Waals surface area contributed by atoms with E-state index >= 15 is 0 Å². The Morgan fingerprint density at radius 1 is 1.29 bits per heavy atom. The fourth-order valence-corrected chi connectivity index (χ4v) is 2.30. The number of hydrogen-bond donors (Lipinski definition) is 2. The molecule has 0 saturated heterocycles. The van der Waals surface area contributed by atoms with E-state index in [-0.39, 0.29) is 17.3 Å². The number of carbonyl (C=O) groups is 1. The Morgan fingerprint density at radius 2 is 2.00 bits per heavy atom. The van der Waals surface area contributed by atoms with Crippen LogP contribution in [-0.2, 0) is 0 Å². The largest absolute Gasteiger partial charge is 0.478 e. The molecular weight excluding hydrogens is 221 g/mol. The molecule has 0 atom stereocenters. The van der Waals surface area contributed by atoms with Crippen LogP contribution in [0.1, 0.15) is 42.5 Å². The molecule has 1 aromatic carbocycles. The Labute approximate surface area is 99.7 Å². The van der Waals surface area contributed by atoms with Gasteiger partial charge in [0.15, 0.2) is 0 Å². The van der Waals surface area contributed by atoms with Crippen molar-refractivity contribution in [1.82, 2.24) is 0 Å².